The predicted octanol–water partition coefficient (Wildman–Crippen LogP) is 0.361. The number of rotatable bonds is 1. The van der Waals surface area contributed by atoms with Gasteiger partial charge in [-0.15, -0.1) is 10.2 Å². The third-order valence-corrected chi connectivity index (χ3v) is 1.58. The van der Waals surface area contributed by atoms with Gasteiger partial charge in [-0.2, -0.15) is 0 Å². The van der Waals surface area contributed by atoms with E-state index in [0.29, 0.717) is 11.5 Å². The van der Waals surface area contributed by atoms with Crippen LogP contribution in [0.1, 0.15) is 5.82 Å². The van der Waals surface area contributed by atoms with Gasteiger partial charge < -0.3 is 5.11 Å². The molecule has 0 amide bonds. The largest absolute Gasteiger partial charge is 0.388 e. The predicted molar refractivity (Wildman–Crippen MR) is 38.9 cm³/mol. The number of aliphatic hydroxyl groups is 1. The molecule has 0 aliphatic rings. The average Bonchev–Trinajstić information content (AvgIpc) is 2.46. The molecule has 0 unspecified atom stereocenters. The number of nitrogens with zero attached hydrogens (tertiary/aromatic N) is 3. The zero-order valence-corrected chi connectivity index (χ0v) is 6.11. The summed E-state index contributed by atoms with van der Waals surface area (Å²) in [5.74, 6) is 0.0457. The van der Waals surface area contributed by atoms with Gasteiger partial charge in [-0.25, -0.2) is 4.39 Å². The Labute approximate surface area is 67.3 Å². The van der Waals surface area contributed by atoms with E-state index in [0.717, 1.165) is 0 Å². The number of aromatic nitrogens is 3. The van der Waals surface area contributed by atoms with Crippen LogP contribution in [0.3, 0.4) is 0 Å². The van der Waals surface area contributed by atoms with Crippen LogP contribution in [-0.2, 0) is 6.61 Å². The second-order valence-corrected chi connectivity index (χ2v) is 2.35. The molecule has 2 rings (SSSR count). The van der Waals surface area contributed by atoms with Crippen molar-refractivity contribution >= 4 is 5.65 Å². The Kier molecular flexibility index (Phi) is 1.51. The lowest BCUT2D eigenvalue weighted by molar-refractivity contribution is 0.270. The first-order chi connectivity index (χ1) is 5.81. The Morgan fingerprint density at radius 3 is 3.08 bits per heavy atom. The van der Waals surface area contributed by atoms with Crippen molar-refractivity contribution in [3.05, 3.63) is 30.0 Å². The number of aliphatic hydroxyl groups excluding tert-OH is 1. The standard InChI is InChI=1S/C7H6FN3O/c8-5-1-2-11-6(3-5)9-10-7(11)4-12/h1-3,12H,4H2. The summed E-state index contributed by atoms with van der Waals surface area (Å²) in [6, 6.07) is 2.54. The first-order valence-corrected chi connectivity index (χ1v) is 3.41. The lowest BCUT2D eigenvalue weighted by atomic mass is 10.4. The van der Waals surface area contributed by atoms with E-state index >= 15 is 0 Å². The van der Waals surface area contributed by atoms with Gasteiger partial charge in [-0.05, 0) is 6.07 Å². The highest BCUT2D eigenvalue weighted by atomic mass is 19.1. The van der Waals surface area contributed by atoms with E-state index in [2.05, 4.69) is 10.2 Å². The second-order valence-electron chi connectivity index (χ2n) is 2.35. The first-order valence-electron chi connectivity index (χ1n) is 3.41. The first kappa shape index (κ1) is 7.17. The fourth-order valence-corrected chi connectivity index (χ4v) is 1.02. The summed E-state index contributed by atoms with van der Waals surface area (Å²) < 4.78 is 14.1. The van der Waals surface area contributed by atoms with Gasteiger partial charge in [0.1, 0.15) is 12.4 Å². The summed E-state index contributed by atoms with van der Waals surface area (Å²) in [6.07, 6.45) is 1.48. The molecule has 0 radical (unpaired) electrons. The molecule has 62 valence electrons. The Hall–Kier alpha value is -1.49. The monoisotopic (exact) mass is 167 g/mol. The smallest absolute Gasteiger partial charge is 0.163 e. The van der Waals surface area contributed by atoms with Gasteiger partial charge in [0.25, 0.3) is 0 Å². The molecule has 1 N–H and O–H groups in total. The molecule has 0 aliphatic carbocycles. The second kappa shape index (κ2) is 2.53. The molecular formula is C7H6FN3O. The molecule has 5 heteroatoms. The van der Waals surface area contributed by atoms with Crippen molar-refractivity contribution in [2.75, 3.05) is 0 Å². The minimum absolute atomic E-state index is 0.202. The van der Waals surface area contributed by atoms with Gasteiger partial charge in [-0.1, -0.05) is 0 Å². The molecular weight excluding hydrogens is 161 g/mol. The Balaban J connectivity index is 2.73. The third-order valence-electron chi connectivity index (χ3n) is 1.58. The zero-order valence-electron chi connectivity index (χ0n) is 6.11. The van der Waals surface area contributed by atoms with Gasteiger partial charge in [0, 0.05) is 12.3 Å². The van der Waals surface area contributed by atoms with Gasteiger partial charge in [0.05, 0.1) is 0 Å². The third kappa shape index (κ3) is 0.947. The van der Waals surface area contributed by atoms with Crippen molar-refractivity contribution in [2.24, 2.45) is 0 Å². The quantitative estimate of drug-likeness (QED) is 0.667. The van der Waals surface area contributed by atoms with Crippen molar-refractivity contribution in [3.63, 3.8) is 0 Å². The molecule has 0 spiro atoms. The average molecular weight is 167 g/mol. The zero-order chi connectivity index (χ0) is 8.55. The summed E-state index contributed by atoms with van der Waals surface area (Å²) in [4.78, 5) is 0. The summed E-state index contributed by atoms with van der Waals surface area (Å²) in [7, 11) is 0. The van der Waals surface area contributed by atoms with Crippen LogP contribution in [-0.4, -0.2) is 19.7 Å². The minimum Gasteiger partial charge on any atom is -0.388 e. The maximum absolute atomic E-state index is 12.6. The molecule has 12 heavy (non-hydrogen) atoms. The Bertz CT molecular complexity index is 412. The Morgan fingerprint density at radius 1 is 1.50 bits per heavy atom. The van der Waals surface area contributed by atoms with Crippen LogP contribution in [0.25, 0.3) is 5.65 Å². The summed E-state index contributed by atoms with van der Waals surface area (Å²) >= 11 is 0. The summed E-state index contributed by atoms with van der Waals surface area (Å²) in [5.41, 5.74) is 0.402. The maximum atomic E-state index is 12.6. The fraction of sp³-hybridized carbons (Fsp3) is 0.143. The van der Waals surface area contributed by atoms with Gasteiger partial charge in [0.15, 0.2) is 11.5 Å². The van der Waals surface area contributed by atoms with Gasteiger partial charge in [0.2, 0.25) is 0 Å². The highest BCUT2D eigenvalue weighted by Gasteiger charge is 2.03. The lowest BCUT2D eigenvalue weighted by Gasteiger charge is -1.94. The fourth-order valence-electron chi connectivity index (χ4n) is 1.02. The summed E-state index contributed by atoms with van der Waals surface area (Å²) in [6.45, 7) is -0.202. The molecule has 0 aliphatic heterocycles. The van der Waals surface area contributed by atoms with Crippen LogP contribution < -0.4 is 0 Å². The highest BCUT2D eigenvalue weighted by Crippen LogP contribution is 2.05. The van der Waals surface area contributed by atoms with E-state index in [1.54, 1.807) is 0 Å². The van der Waals surface area contributed by atoms with Crippen LogP contribution in [0.15, 0.2) is 18.3 Å². The Morgan fingerprint density at radius 2 is 2.33 bits per heavy atom. The van der Waals surface area contributed by atoms with E-state index in [-0.39, 0.29) is 12.4 Å². The number of halogens is 1. The number of hydrogen-bond donors (Lipinski definition) is 1. The molecule has 0 bridgehead atoms. The number of pyridine rings is 1. The van der Waals surface area contributed by atoms with Crippen LogP contribution in [0.2, 0.25) is 0 Å². The van der Waals surface area contributed by atoms with Gasteiger partial charge >= 0.3 is 0 Å². The molecule has 4 nitrogen and oxygen atoms in total. The van der Waals surface area contributed by atoms with Crippen LogP contribution in [0.5, 0.6) is 0 Å². The van der Waals surface area contributed by atoms with E-state index in [1.807, 2.05) is 0 Å². The number of hydrogen-bond acceptors (Lipinski definition) is 3. The van der Waals surface area contributed by atoms with E-state index in [9.17, 15) is 4.39 Å². The molecule has 0 saturated heterocycles. The maximum Gasteiger partial charge on any atom is 0.163 e. The SMILES string of the molecule is OCc1nnc2cc(F)ccn12. The molecule has 0 aromatic carbocycles. The van der Waals surface area contributed by atoms with E-state index < -0.39 is 0 Å². The molecule has 0 saturated carbocycles. The van der Waals surface area contributed by atoms with Crippen LogP contribution in [0, 0.1) is 5.82 Å². The highest BCUT2D eigenvalue weighted by molar-refractivity contribution is 5.37. The molecule has 2 aromatic rings. The van der Waals surface area contributed by atoms with E-state index in [1.165, 1.54) is 22.7 Å². The topological polar surface area (TPSA) is 50.4 Å². The van der Waals surface area contributed by atoms with Gasteiger partial charge in [-0.3, -0.25) is 4.40 Å². The van der Waals surface area contributed by atoms with Crippen molar-refractivity contribution in [1.82, 2.24) is 14.6 Å². The van der Waals surface area contributed by atoms with Crippen LogP contribution >= 0.6 is 0 Å². The molecule has 2 aromatic heterocycles. The van der Waals surface area contributed by atoms with Crippen molar-refractivity contribution in [1.29, 1.82) is 0 Å². The van der Waals surface area contributed by atoms with E-state index in [4.69, 9.17) is 5.11 Å². The van der Waals surface area contributed by atoms with Crippen molar-refractivity contribution < 1.29 is 9.50 Å². The molecule has 0 fully saturated rings. The molecule has 2 heterocycles. The van der Waals surface area contributed by atoms with Crippen molar-refractivity contribution in [3.8, 4) is 0 Å². The van der Waals surface area contributed by atoms with Crippen molar-refractivity contribution in [2.45, 2.75) is 6.61 Å². The molecule has 0 atom stereocenters. The minimum atomic E-state index is -0.362. The normalized spacial score (nSPS) is 10.8. The number of fused-ring (bicyclic) bond motifs is 1. The summed E-state index contributed by atoms with van der Waals surface area (Å²) in [5, 5.41) is 16.1. The lowest BCUT2D eigenvalue weighted by Crippen LogP contribution is -1.93. The van der Waals surface area contributed by atoms with Crippen LogP contribution in [0.4, 0.5) is 4.39 Å².